The third-order valence-electron chi connectivity index (χ3n) is 4.78. The van der Waals surface area contributed by atoms with Crippen LogP contribution in [0, 0.1) is 20.8 Å². The summed E-state index contributed by atoms with van der Waals surface area (Å²) < 4.78 is 17.6. The molecule has 184 valence electrons. The maximum absolute atomic E-state index is 12.4. The Labute approximate surface area is 207 Å². The van der Waals surface area contributed by atoms with Gasteiger partial charge in [-0.05, 0) is 63.2 Å². The lowest BCUT2D eigenvalue weighted by Gasteiger charge is -2.10. The van der Waals surface area contributed by atoms with Gasteiger partial charge in [-0.1, -0.05) is 18.2 Å². The molecule has 0 saturated heterocycles. The summed E-state index contributed by atoms with van der Waals surface area (Å²) >= 11 is 0. The summed E-state index contributed by atoms with van der Waals surface area (Å²) in [6.07, 6.45) is 0. The van der Waals surface area contributed by atoms with E-state index in [4.69, 9.17) is 14.2 Å². The fourth-order valence-corrected chi connectivity index (χ4v) is 3.28. The van der Waals surface area contributed by atoms with E-state index in [1.807, 2.05) is 50.2 Å². The summed E-state index contributed by atoms with van der Waals surface area (Å²) in [7, 11) is 0. The number of esters is 1. The molecule has 0 fully saturated rings. The van der Waals surface area contributed by atoms with Crippen LogP contribution in [0.2, 0.25) is 0 Å². The minimum absolute atomic E-state index is 0.335. The van der Waals surface area contributed by atoms with Gasteiger partial charge in [0.15, 0.2) is 13.2 Å². The van der Waals surface area contributed by atoms with Gasteiger partial charge in [0.2, 0.25) is 0 Å². The van der Waals surface area contributed by atoms with Crippen molar-refractivity contribution in [2.45, 2.75) is 20.8 Å². The van der Waals surface area contributed by atoms with Gasteiger partial charge in [0.25, 0.3) is 11.9 Å². The lowest BCUT2D eigenvalue weighted by atomic mass is 10.3. The molecular formula is C26H25N5O5. The Morgan fingerprint density at radius 2 is 1.44 bits per heavy atom. The van der Waals surface area contributed by atoms with Crippen molar-refractivity contribution >= 4 is 17.7 Å². The number of nitrogens with zero attached hydrogens (tertiary/aromatic N) is 4. The number of hydrogen-bond acceptors (Lipinski definition) is 8. The van der Waals surface area contributed by atoms with E-state index in [2.05, 4.69) is 20.4 Å². The molecule has 0 spiro atoms. The van der Waals surface area contributed by atoms with Crippen molar-refractivity contribution in [3.63, 3.8) is 0 Å². The van der Waals surface area contributed by atoms with Crippen LogP contribution in [0.25, 0.3) is 5.95 Å². The van der Waals surface area contributed by atoms with Crippen LogP contribution in [-0.4, -0.2) is 44.8 Å². The number of aryl methyl sites for hydroxylation is 3. The average molecular weight is 488 g/mol. The van der Waals surface area contributed by atoms with E-state index in [1.54, 1.807) is 37.3 Å². The van der Waals surface area contributed by atoms with Crippen LogP contribution in [0.1, 0.15) is 17.1 Å². The van der Waals surface area contributed by atoms with Crippen LogP contribution >= 0.6 is 0 Å². The van der Waals surface area contributed by atoms with Gasteiger partial charge >= 0.3 is 5.97 Å². The molecule has 0 bridgehead atoms. The number of benzene rings is 2. The largest absolute Gasteiger partial charge is 0.482 e. The van der Waals surface area contributed by atoms with Crippen molar-refractivity contribution < 1.29 is 23.8 Å². The molecule has 0 radical (unpaired) electrons. The molecule has 1 amide bonds. The van der Waals surface area contributed by atoms with Crippen LogP contribution in [0.5, 0.6) is 17.2 Å². The average Bonchev–Trinajstić information content (AvgIpc) is 3.22. The normalized spacial score (nSPS) is 10.5. The smallest absolute Gasteiger partial charge is 0.344 e. The Bertz CT molecular complexity index is 1330. The number of hydrogen-bond donors (Lipinski definition) is 1. The van der Waals surface area contributed by atoms with E-state index >= 15 is 0 Å². The van der Waals surface area contributed by atoms with E-state index in [9.17, 15) is 9.59 Å². The first-order valence-electron chi connectivity index (χ1n) is 11.2. The first-order valence-corrected chi connectivity index (χ1v) is 11.2. The Balaban J connectivity index is 1.25. The van der Waals surface area contributed by atoms with E-state index < -0.39 is 18.5 Å². The third kappa shape index (κ3) is 6.66. The van der Waals surface area contributed by atoms with Crippen molar-refractivity contribution in [1.29, 1.82) is 0 Å². The fraction of sp³-hybridized carbons (Fsp3) is 0.192. The van der Waals surface area contributed by atoms with Gasteiger partial charge in [0.1, 0.15) is 23.1 Å². The number of nitrogens with one attached hydrogen (secondary N) is 1. The fourth-order valence-electron chi connectivity index (χ4n) is 3.28. The van der Waals surface area contributed by atoms with Crippen LogP contribution < -0.4 is 14.8 Å². The summed E-state index contributed by atoms with van der Waals surface area (Å²) in [6.45, 7) is 4.65. The molecule has 0 unspecified atom stereocenters. The van der Waals surface area contributed by atoms with Crippen LogP contribution in [0.3, 0.4) is 0 Å². The maximum Gasteiger partial charge on any atom is 0.344 e. The number of aromatic nitrogens is 4. The molecule has 2 aromatic heterocycles. The van der Waals surface area contributed by atoms with Crippen LogP contribution in [0.4, 0.5) is 5.82 Å². The summed E-state index contributed by atoms with van der Waals surface area (Å²) in [5, 5.41) is 7.02. The molecule has 0 aliphatic heterocycles. The topological polar surface area (TPSA) is 117 Å². The lowest BCUT2D eigenvalue weighted by Crippen LogP contribution is -2.24. The first kappa shape index (κ1) is 24.4. The Morgan fingerprint density at radius 3 is 2.14 bits per heavy atom. The molecule has 4 aromatic rings. The molecule has 2 heterocycles. The zero-order valence-electron chi connectivity index (χ0n) is 20.1. The number of amides is 1. The monoisotopic (exact) mass is 487 g/mol. The summed E-state index contributed by atoms with van der Waals surface area (Å²) in [6, 6.07) is 19.7. The van der Waals surface area contributed by atoms with Gasteiger partial charge in [-0.15, -0.1) is 0 Å². The van der Waals surface area contributed by atoms with E-state index in [-0.39, 0.29) is 6.61 Å². The van der Waals surface area contributed by atoms with Gasteiger partial charge in [-0.3, -0.25) is 4.79 Å². The van der Waals surface area contributed by atoms with Crippen molar-refractivity contribution in [1.82, 2.24) is 19.7 Å². The summed E-state index contributed by atoms with van der Waals surface area (Å²) in [4.78, 5) is 33.2. The van der Waals surface area contributed by atoms with E-state index in [0.29, 0.717) is 34.7 Å². The zero-order chi connectivity index (χ0) is 25.5. The molecule has 0 atom stereocenters. The third-order valence-corrected chi connectivity index (χ3v) is 4.78. The number of ether oxygens (including phenoxy) is 3. The number of para-hydroxylation sites is 1. The molecule has 36 heavy (non-hydrogen) atoms. The summed E-state index contributed by atoms with van der Waals surface area (Å²) in [5.41, 5.74) is 2.21. The second kappa shape index (κ2) is 11.1. The standard InChI is InChI=1S/C26H25N5O5/c1-17-13-18(2)28-26(27-17)31-23(14-19(3)30-31)29-24(32)15-35-25(33)16-34-20-9-11-22(12-10-20)36-21-7-5-4-6-8-21/h4-14H,15-16H2,1-3H3,(H,29,32). The van der Waals surface area contributed by atoms with Gasteiger partial charge in [-0.2, -0.15) is 9.78 Å². The molecule has 10 heteroatoms. The number of carbonyl (C=O) groups excluding carboxylic acids is 2. The van der Waals surface area contributed by atoms with E-state index in [0.717, 1.165) is 11.4 Å². The highest BCUT2D eigenvalue weighted by Gasteiger charge is 2.15. The van der Waals surface area contributed by atoms with Crippen molar-refractivity contribution in [2.75, 3.05) is 18.5 Å². The molecule has 2 aromatic carbocycles. The summed E-state index contributed by atoms with van der Waals surface area (Å²) in [5.74, 6) is 1.30. The van der Waals surface area contributed by atoms with Crippen molar-refractivity contribution in [3.05, 3.63) is 83.8 Å². The van der Waals surface area contributed by atoms with Crippen molar-refractivity contribution in [3.8, 4) is 23.2 Å². The number of anilines is 1. The SMILES string of the molecule is Cc1cc(C)nc(-n2nc(C)cc2NC(=O)COC(=O)COc2ccc(Oc3ccccc3)cc2)n1. The predicted octanol–water partition coefficient (Wildman–Crippen LogP) is 3.94. The van der Waals surface area contributed by atoms with Gasteiger partial charge in [-0.25, -0.2) is 14.8 Å². The Hall–Kier alpha value is -4.73. The Morgan fingerprint density at radius 1 is 0.806 bits per heavy atom. The van der Waals surface area contributed by atoms with Gasteiger partial charge < -0.3 is 19.5 Å². The zero-order valence-corrected chi connectivity index (χ0v) is 20.1. The molecule has 0 saturated carbocycles. The lowest BCUT2D eigenvalue weighted by molar-refractivity contribution is -0.149. The number of carbonyl (C=O) groups is 2. The van der Waals surface area contributed by atoms with Crippen LogP contribution in [-0.2, 0) is 14.3 Å². The quantitative estimate of drug-likeness (QED) is 0.353. The van der Waals surface area contributed by atoms with E-state index in [1.165, 1.54) is 4.68 Å². The molecule has 1 N–H and O–H groups in total. The molecule has 0 aliphatic carbocycles. The second-order valence-corrected chi connectivity index (χ2v) is 7.92. The molecular weight excluding hydrogens is 462 g/mol. The molecule has 4 rings (SSSR count). The highest BCUT2D eigenvalue weighted by atomic mass is 16.6. The maximum atomic E-state index is 12.4. The van der Waals surface area contributed by atoms with Gasteiger partial charge in [0, 0.05) is 17.5 Å². The minimum Gasteiger partial charge on any atom is -0.482 e. The predicted molar refractivity (Wildman–Crippen MR) is 131 cm³/mol. The van der Waals surface area contributed by atoms with Gasteiger partial charge in [0.05, 0.1) is 5.69 Å². The molecule has 10 nitrogen and oxygen atoms in total. The first-order chi connectivity index (χ1) is 17.4. The van der Waals surface area contributed by atoms with Crippen LogP contribution in [0.15, 0.2) is 66.7 Å². The second-order valence-electron chi connectivity index (χ2n) is 7.92. The Kier molecular flexibility index (Phi) is 7.54. The molecule has 0 aliphatic rings. The van der Waals surface area contributed by atoms with Crippen molar-refractivity contribution in [2.24, 2.45) is 0 Å². The minimum atomic E-state index is -0.683. The highest BCUT2D eigenvalue weighted by Crippen LogP contribution is 2.23. The number of rotatable bonds is 9. The highest BCUT2D eigenvalue weighted by molar-refractivity contribution is 5.92.